The third-order valence-corrected chi connectivity index (χ3v) is 4.00. The number of ether oxygens (including phenoxy) is 1. The summed E-state index contributed by atoms with van der Waals surface area (Å²) in [5.74, 6) is -0.393. The fourth-order valence-corrected chi connectivity index (χ4v) is 2.77. The Bertz CT molecular complexity index is 598. The van der Waals surface area contributed by atoms with Crippen LogP contribution in [0.15, 0.2) is 24.3 Å². The van der Waals surface area contributed by atoms with Gasteiger partial charge in [-0.15, -0.1) is 0 Å². The van der Waals surface area contributed by atoms with Crippen LogP contribution >= 0.6 is 0 Å². The van der Waals surface area contributed by atoms with Crippen LogP contribution in [0, 0.1) is 5.92 Å². The van der Waals surface area contributed by atoms with Crippen molar-refractivity contribution >= 4 is 23.5 Å². The number of anilines is 1. The molecular formula is C18H24N2O4. The Morgan fingerprint density at radius 3 is 2.58 bits per heavy atom. The Hall–Kier alpha value is -2.37. The van der Waals surface area contributed by atoms with Crippen molar-refractivity contribution in [3.8, 4) is 0 Å². The van der Waals surface area contributed by atoms with Gasteiger partial charge in [-0.3, -0.25) is 9.59 Å². The van der Waals surface area contributed by atoms with Crippen LogP contribution in [0.5, 0.6) is 0 Å². The predicted molar refractivity (Wildman–Crippen MR) is 90.6 cm³/mol. The van der Waals surface area contributed by atoms with Crippen LogP contribution in [0.2, 0.25) is 0 Å². The Labute approximate surface area is 142 Å². The van der Waals surface area contributed by atoms with Crippen molar-refractivity contribution in [1.29, 1.82) is 0 Å². The molecule has 24 heavy (non-hydrogen) atoms. The summed E-state index contributed by atoms with van der Waals surface area (Å²) in [4.78, 5) is 37.5. The zero-order valence-electron chi connectivity index (χ0n) is 14.2. The number of benzene rings is 1. The van der Waals surface area contributed by atoms with Gasteiger partial charge >= 0.3 is 5.97 Å². The molecule has 1 aliphatic heterocycles. The lowest BCUT2D eigenvalue weighted by molar-refractivity contribution is -0.136. The van der Waals surface area contributed by atoms with Gasteiger partial charge in [-0.1, -0.05) is 6.92 Å². The summed E-state index contributed by atoms with van der Waals surface area (Å²) in [5.41, 5.74) is 0.973. The maximum atomic E-state index is 12.2. The quantitative estimate of drug-likeness (QED) is 0.664. The lowest BCUT2D eigenvalue weighted by Crippen LogP contribution is -2.40. The molecule has 0 bridgehead atoms. The lowest BCUT2D eigenvalue weighted by Gasteiger charge is -2.30. The van der Waals surface area contributed by atoms with Crippen LogP contribution < -0.4 is 5.32 Å². The maximum Gasteiger partial charge on any atom is 0.338 e. The van der Waals surface area contributed by atoms with Gasteiger partial charge in [-0.05, 0) is 49.9 Å². The molecule has 1 unspecified atom stereocenters. The topological polar surface area (TPSA) is 75.7 Å². The van der Waals surface area contributed by atoms with E-state index in [4.69, 9.17) is 4.74 Å². The standard InChI is InChI=1S/C18H24N2O4/c1-3-24-18(23)14-6-8-15(9-7-14)19-16(21)11-17(22)20-10-4-5-13(2)12-20/h6-9,13H,3-5,10-12H2,1-2H3,(H,19,21). The average molecular weight is 332 g/mol. The Balaban J connectivity index is 1.85. The first-order valence-corrected chi connectivity index (χ1v) is 8.34. The molecule has 130 valence electrons. The predicted octanol–water partition coefficient (Wildman–Crippen LogP) is 2.45. The number of carbonyl (C=O) groups excluding carboxylic acids is 3. The number of carbonyl (C=O) groups is 3. The molecule has 1 aliphatic rings. The highest BCUT2D eigenvalue weighted by Gasteiger charge is 2.22. The molecule has 0 spiro atoms. The minimum atomic E-state index is -0.398. The molecule has 0 aromatic heterocycles. The normalized spacial score (nSPS) is 17.2. The van der Waals surface area contributed by atoms with Crippen LogP contribution in [0.1, 0.15) is 43.5 Å². The van der Waals surface area contributed by atoms with Gasteiger partial charge in [-0.2, -0.15) is 0 Å². The van der Waals surface area contributed by atoms with Crippen LogP contribution in [0.3, 0.4) is 0 Å². The monoisotopic (exact) mass is 332 g/mol. The van der Waals surface area contributed by atoms with E-state index >= 15 is 0 Å². The number of nitrogens with one attached hydrogen (secondary N) is 1. The molecule has 6 heteroatoms. The molecule has 1 aromatic rings. The van der Waals surface area contributed by atoms with Crippen molar-refractivity contribution in [2.75, 3.05) is 25.0 Å². The number of rotatable bonds is 5. The summed E-state index contributed by atoms with van der Waals surface area (Å²) in [6.07, 6.45) is 1.96. The van der Waals surface area contributed by atoms with E-state index in [1.165, 1.54) is 0 Å². The third kappa shape index (κ3) is 5.08. The molecule has 2 amide bonds. The average Bonchev–Trinajstić information content (AvgIpc) is 2.55. The van der Waals surface area contributed by atoms with Gasteiger partial charge in [0.25, 0.3) is 0 Å². The van der Waals surface area contributed by atoms with Crippen molar-refractivity contribution in [3.63, 3.8) is 0 Å². The molecule has 1 heterocycles. The van der Waals surface area contributed by atoms with E-state index in [0.29, 0.717) is 23.8 Å². The molecule has 1 N–H and O–H groups in total. The highest BCUT2D eigenvalue weighted by molar-refractivity contribution is 6.03. The van der Waals surface area contributed by atoms with Gasteiger partial charge < -0.3 is 15.0 Å². The number of piperidine rings is 1. The van der Waals surface area contributed by atoms with Crippen LogP contribution in [-0.2, 0) is 14.3 Å². The second-order valence-electron chi connectivity index (χ2n) is 6.11. The second kappa shape index (κ2) is 8.47. The minimum Gasteiger partial charge on any atom is -0.462 e. The minimum absolute atomic E-state index is 0.137. The molecule has 1 aromatic carbocycles. The SMILES string of the molecule is CCOC(=O)c1ccc(NC(=O)CC(=O)N2CCCC(C)C2)cc1. The fourth-order valence-electron chi connectivity index (χ4n) is 2.77. The Morgan fingerprint density at radius 2 is 1.96 bits per heavy atom. The highest BCUT2D eigenvalue weighted by atomic mass is 16.5. The van der Waals surface area contributed by atoms with E-state index in [-0.39, 0.29) is 18.2 Å². The summed E-state index contributed by atoms with van der Waals surface area (Å²) < 4.78 is 4.90. The zero-order chi connectivity index (χ0) is 17.5. The highest BCUT2D eigenvalue weighted by Crippen LogP contribution is 2.16. The van der Waals surface area contributed by atoms with Gasteiger partial charge in [0.05, 0.1) is 12.2 Å². The Morgan fingerprint density at radius 1 is 1.25 bits per heavy atom. The molecule has 1 saturated heterocycles. The van der Waals surface area contributed by atoms with E-state index in [9.17, 15) is 14.4 Å². The molecule has 0 saturated carbocycles. The van der Waals surface area contributed by atoms with Crippen molar-refractivity contribution in [2.24, 2.45) is 5.92 Å². The van der Waals surface area contributed by atoms with Gasteiger partial charge in [0.1, 0.15) is 6.42 Å². The molecular weight excluding hydrogens is 308 g/mol. The van der Waals surface area contributed by atoms with Crippen LogP contribution in [0.25, 0.3) is 0 Å². The zero-order valence-corrected chi connectivity index (χ0v) is 14.2. The summed E-state index contributed by atoms with van der Waals surface area (Å²) in [6.45, 7) is 5.62. The smallest absolute Gasteiger partial charge is 0.338 e. The number of hydrogen-bond donors (Lipinski definition) is 1. The summed E-state index contributed by atoms with van der Waals surface area (Å²) in [7, 11) is 0. The number of likely N-dealkylation sites (tertiary alicyclic amines) is 1. The van der Waals surface area contributed by atoms with E-state index in [0.717, 1.165) is 25.9 Å². The summed E-state index contributed by atoms with van der Waals surface area (Å²) in [6, 6.07) is 6.42. The fraction of sp³-hybridized carbons (Fsp3) is 0.500. The van der Waals surface area contributed by atoms with Gasteiger partial charge in [0.15, 0.2) is 0 Å². The largest absolute Gasteiger partial charge is 0.462 e. The second-order valence-corrected chi connectivity index (χ2v) is 6.11. The van der Waals surface area contributed by atoms with Crippen molar-refractivity contribution < 1.29 is 19.1 Å². The van der Waals surface area contributed by atoms with E-state index in [1.54, 1.807) is 36.1 Å². The number of esters is 1. The van der Waals surface area contributed by atoms with Crippen molar-refractivity contribution in [1.82, 2.24) is 4.90 Å². The lowest BCUT2D eigenvalue weighted by atomic mass is 10.00. The number of hydrogen-bond acceptors (Lipinski definition) is 4. The van der Waals surface area contributed by atoms with Gasteiger partial charge in [0.2, 0.25) is 11.8 Å². The molecule has 1 fully saturated rings. The third-order valence-electron chi connectivity index (χ3n) is 4.00. The summed E-state index contributed by atoms with van der Waals surface area (Å²) >= 11 is 0. The number of amides is 2. The first-order chi connectivity index (χ1) is 11.5. The number of nitrogens with zero attached hydrogens (tertiary/aromatic N) is 1. The van der Waals surface area contributed by atoms with Gasteiger partial charge in [-0.25, -0.2) is 4.79 Å². The first kappa shape index (κ1) is 18.0. The Kier molecular flexibility index (Phi) is 6.35. The van der Waals surface area contributed by atoms with Crippen LogP contribution in [-0.4, -0.2) is 42.4 Å². The van der Waals surface area contributed by atoms with Gasteiger partial charge in [0, 0.05) is 18.8 Å². The summed E-state index contributed by atoms with van der Waals surface area (Å²) in [5, 5.41) is 2.68. The van der Waals surface area contributed by atoms with E-state index < -0.39 is 5.97 Å². The van der Waals surface area contributed by atoms with Crippen LogP contribution in [0.4, 0.5) is 5.69 Å². The maximum absolute atomic E-state index is 12.2. The van der Waals surface area contributed by atoms with E-state index in [1.807, 2.05) is 0 Å². The molecule has 6 nitrogen and oxygen atoms in total. The van der Waals surface area contributed by atoms with Crippen molar-refractivity contribution in [2.45, 2.75) is 33.1 Å². The molecule has 0 aliphatic carbocycles. The van der Waals surface area contributed by atoms with E-state index in [2.05, 4.69) is 12.2 Å². The molecule has 2 rings (SSSR count). The molecule has 0 radical (unpaired) electrons. The first-order valence-electron chi connectivity index (χ1n) is 8.34. The molecule has 1 atom stereocenters. The van der Waals surface area contributed by atoms with Crippen molar-refractivity contribution in [3.05, 3.63) is 29.8 Å².